The van der Waals surface area contributed by atoms with Crippen molar-refractivity contribution in [2.45, 2.75) is 32.7 Å². The van der Waals surface area contributed by atoms with Crippen molar-refractivity contribution in [2.24, 2.45) is 10.7 Å². The number of H-pyrrole nitrogens is 1. The Morgan fingerprint density at radius 2 is 1.92 bits per heavy atom. The van der Waals surface area contributed by atoms with Crippen LogP contribution in [0.1, 0.15) is 36.0 Å². The summed E-state index contributed by atoms with van der Waals surface area (Å²) in [6.45, 7) is 5.48. The number of aryl methyl sites for hydroxylation is 2. The van der Waals surface area contributed by atoms with E-state index >= 15 is 0 Å². The lowest BCUT2D eigenvalue weighted by atomic mass is 9.99. The third-order valence-electron chi connectivity index (χ3n) is 7.17. The molecule has 0 aliphatic carbocycles. The minimum atomic E-state index is 0.251. The Labute approximate surface area is 219 Å². The zero-order valence-corrected chi connectivity index (χ0v) is 21.3. The average Bonchev–Trinajstić information content (AvgIpc) is 3.67. The van der Waals surface area contributed by atoms with Crippen molar-refractivity contribution in [1.82, 2.24) is 29.4 Å². The van der Waals surface area contributed by atoms with Crippen LogP contribution in [0, 0.1) is 19.3 Å². The van der Waals surface area contributed by atoms with Gasteiger partial charge in [0.05, 0.1) is 17.4 Å². The number of rotatable bonds is 6. The Morgan fingerprint density at radius 3 is 2.74 bits per heavy atom. The van der Waals surface area contributed by atoms with E-state index in [4.69, 9.17) is 15.9 Å². The SMILES string of the molecule is Cc1cc2nnc(C)n2cc1-c1cccc(-c2cc(-c3ccnn3C3CCOCC3)c(/C(N)=N\C=N)[nH]2)c1. The van der Waals surface area contributed by atoms with Gasteiger partial charge in [0.2, 0.25) is 0 Å². The molecule has 4 N–H and O–H groups in total. The summed E-state index contributed by atoms with van der Waals surface area (Å²) in [5.41, 5.74) is 14.9. The molecule has 0 radical (unpaired) electrons. The largest absolute Gasteiger partial charge is 0.382 e. The van der Waals surface area contributed by atoms with Gasteiger partial charge in [-0.2, -0.15) is 5.10 Å². The minimum Gasteiger partial charge on any atom is -0.382 e. The van der Waals surface area contributed by atoms with Gasteiger partial charge in [-0.3, -0.25) is 14.5 Å². The molecule has 0 atom stereocenters. The van der Waals surface area contributed by atoms with Crippen LogP contribution in [0.5, 0.6) is 0 Å². The lowest BCUT2D eigenvalue weighted by Crippen LogP contribution is -2.21. The van der Waals surface area contributed by atoms with Crippen LogP contribution in [0.3, 0.4) is 0 Å². The highest BCUT2D eigenvalue weighted by molar-refractivity contribution is 6.05. The molecule has 10 nitrogen and oxygen atoms in total. The highest BCUT2D eigenvalue weighted by atomic mass is 16.5. The highest BCUT2D eigenvalue weighted by Gasteiger charge is 2.23. The summed E-state index contributed by atoms with van der Waals surface area (Å²) in [5.74, 6) is 1.10. The van der Waals surface area contributed by atoms with Crippen LogP contribution in [-0.4, -0.2) is 54.8 Å². The molecule has 5 heterocycles. The van der Waals surface area contributed by atoms with E-state index in [-0.39, 0.29) is 11.9 Å². The Hall–Kier alpha value is -4.57. The van der Waals surface area contributed by atoms with Gasteiger partial charge >= 0.3 is 0 Å². The van der Waals surface area contributed by atoms with Crippen molar-refractivity contribution in [2.75, 3.05) is 13.2 Å². The lowest BCUT2D eigenvalue weighted by molar-refractivity contribution is 0.0667. The van der Waals surface area contributed by atoms with Crippen molar-refractivity contribution in [1.29, 1.82) is 5.41 Å². The van der Waals surface area contributed by atoms with Gasteiger partial charge in [0.15, 0.2) is 5.65 Å². The fourth-order valence-corrected chi connectivity index (χ4v) is 5.20. The number of fused-ring (bicyclic) bond motifs is 1. The highest BCUT2D eigenvalue weighted by Crippen LogP contribution is 2.35. The minimum absolute atomic E-state index is 0.251. The van der Waals surface area contributed by atoms with E-state index in [0.717, 1.165) is 83.1 Å². The summed E-state index contributed by atoms with van der Waals surface area (Å²) in [7, 11) is 0. The number of nitrogens with two attached hydrogens (primary N) is 1. The zero-order chi connectivity index (χ0) is 26.2. The average molecular weight is 508 g/mol. The van der Waals surface area contributed by atoms with Gasteiger partial charge in [0.25, 0.3) is 0 Å². The fourth-order valence-electron chi connectivity index (χ4n) is 5.20. The smallest absolute Gasteiger partial charge is 0.161 e. The topological polar surface area (TPSA) is 135 Å². The molecule has 1 aliphatic heterocycles. The number of nitrogens with one attached hydrogen (secondary N) is 2. The number of pyridine rings is 1. The van der Waals surface area contributed by atoms with Crippen molar-refractivity contribution < 1.29 is 4.74 Å². The summed E-state index contributed by atoms with van der Waals surface area (Å²) in [5, 5.41) is 20.5. The molecule has 0 amide bonds. The van der Waals surface area contributed by atoms with E-state index in [1.165, 1.54) is 0 Å². The summed E-state index contributed by atoms with van der Waals surface area (Å²) in [6.07, 6.45) is 6.68. The number of aliphatic imine (C=N–C) groups is 1. The van der Waals surface area contributed by atoms with Gasteiger partial charge in [-0.15, -0.1) is 10.2 Å². The van der Waals surface area contributed by atoms with E-state index in [1.54, 1.807) is 0 Å². The summed E-state index contributed by atoms with van der Waals surface area (Å²) in [6, 6.07) is 14.8. The van der Waals surface area contributed by atoms with Crippen molar-refractivity contribution >= 4 is 17.8 Å². The lowest BCUT2D eigenvalue weighted by Gasteiger charge is -2.24. The van der Waals surface area contributed by atoms with E-state index in [2.05, 4.69) is 79.5 Å². The van der Waals surface area contributed by atoms with E-state index in [0.29, 0.717) is 5.69 Å². The predicted octanol–water partition coefficient (Wildman–Crippen LogP) is 4.54. The Balaban J connectivity index is 1.45. The summed E-state index contributed by atoms with van der Waals surface area (Å²) in [4.78, 5) is 7.54. The third-order valence-corrected chi connectivity index (χ3v) is 7.17. The number of benzene rings is 1. The molecule has 192 valence electrons. The predicted molar refractivity (Wildman–Crippen MR) is 148 cm³/mol. The molecule has 1 saturated heterocycles. The number of amidine groups is 1. The monoisotopic (exact) mass is 507 g/mol. The molecule has 0 saturated carbocycles. The molecule has 1 aromatic carbocycles. The molecule has 38 heavy (non-hydrogen) atoms. The number of hydrogen-bond acceptors (Lipinski definition) is 5. The molecule has 1 fully saturated rings. The second-order valence-electron chi connectivity index (χ2n) is 9.55. The van der Waals surface area contributed by atoms with Crippen LogP contribution in [0.15, 0.2) is 59.9 Å². The zero-order valence-electron chi connectivity index (χ0n) is 21.3. The maximum absolute atomic E-state index is 7.46. The molecular weight excluding hydrogens is 478 g/mol. The third kappa shape index (κ3) is 4.18. The number of aromatic amines is 1. The van der Waals surface area contributed by atoms with E-state index in [1.807, 2.05) is 23.6 Å². The second-order valence-corrected chi connectivity index (χ2v) is 9.55. The van der Waals surface area contributed by atoms with Crippen LogP contribution in [0.25, 0.3) is 39.3 Å². The van der Waals surface area contributed by atoms with Crippen LogP contribution < -0.4 is 5.73 Å². The van der Waals surface area contributed by atoms with Gasteiger partial charge in [-0.25, -0.2) is 4.99 Å². The van der Waals surface area contributed by atoms with Gasteiger partial charge in [-0.1, -0.05) is 18.2 Å². The van der Waals surface area contributed by atoms with Crippen molar-refractivity contribution in [3.05, 3.63) is 71.9 Å². The number of hydrogen-bond donors (Lipinski definition) is 3. The van der Waals surface area contributed by atoms with Crippen LogP contribution in [0.2, 0.25) is 0 Å². The van der Waals surface area contributed by atoms with Crippen molar-refractivity contribution in [3.63, 3.8) is 0 Å². The van der Waals surface area contributed by atoms with Gasteiger partial charge in [-0.05, 0) is 67.6 Å². The maximum Gasteiger partial charge on any atom is 0.161 e. The first-order valence-electron chi connectivity index (χ1n) is 12.6. The maximum atomic E-state index is 7.46. The van der Waals surface area contributed by atoms with Gasteiger partial charge in [0.1, 0.15) is 18.0 Å². The molecule has 4 aromatic heterocycles. The Kier molecular flexibility index (Phi) is 6.09. The molecule has 0 bridgehead atoms. The molecular formula is C28H29N9O. The first-order chi connectivity index (χ1) is 18.5. The first-order valence-corrected chi connectivity index (χ1v) is 12.6. The van der Waals surface area contributed by atoms with Gasteiger partial charge < -0.3 is 15.5 Å². The molecule has 1 aliphatic rings. The van der Waals surface area contributed by atoms with Crippen LogP contribution in [-0.2, 0) is 4.74 Å². The molecule has 5 aromatic rings. The first kappa shape index (κ1) is 23.8. The quantitative estimate of drug-likeness (QED) is 0.229. The van der Waals surface area contributed by atoms with Crippen molar-refractivity contribution in [3.8, 4) is 33.6 Å². The number of nitrogens with zero attached hydrogens (tertiary/aromatic N) is 6. The molecule has 0 unspecified atom stereocenters. The van der Waals surface area contributed by atoms with Crippen LogP contribution in [0.4, 0.5) is 0 Å². The number of ether oxygens (including phenoxy) is 1. The Bertz CT molecular complexity index is 1670. The Morgan fingerprint density at radius 1 is 1.11 bits per heavy atom. The second kappa shape index (κ2) is 9.71. The molecule has 0 spiro atoms. The summed E-state index contributed by atoms with van der Waals surface area (Å²) < 4.78 is 9.63. The number of aromatic nitrogens is 6. The fraction of sp³-hybridized carbons (Fsp3) is 0.250. The normalized spacial score (nSPS) is 14.8. The standard InChI is InChI=1S/C28H29N9O/c1-17-12-26-35-34-18(2)36(26)15-23(17)19-4-3-5-20(13-19)24-14-22(27(33-24)28(30)31-16-29)25-6-9-32-37(25)21-7-10-38-11-8-21/h3-6,9,12-16,21,33H,7-8,10-11H2,1-2H3,(H3,29,30,31). The van der Waals surface area contributed by atoms with E-state index in [9.17, 15) is 0 Å². The van der Waals surface area contributed by atoms with Crippen LogP contribution >= 0.6 is 0 Å². The van der Waals surface area contributed by atoms with E-state index < -0.39 is 0 Å². The molecule has 10 heteroatoms. The molecule has 6 rings (SSSR count). The summed E-state index contributed by atoms with van der Waals surface area (Å²) >= 11 is 0. The van der Waals surface area contributed by atoms with Gasteiger partial charge in [0, 0.05) is 42.4 Å².